The Morgan fingerprint density at radius 1 is 1.29 bits per heavy atom. The monoisotopic (exact) mass is 288 g/mol. The fourth-order valence-corrected chi connectivity index (χ4v) is 4.24. The number of carbonyl (C=O) groups excluding carboxylic acids is 1. The van der Waals surface area contributed by atoms with Gasteiger partial charge in [0.15, 0.2) is 0 Å². The van der Waals surface area contributed by atoms with Crippen molar-refractivity contribution < 1.29 is 19.4 Å². The number of benzene rings is 1. The summed E-state index contributed by atoms with van der Waals surface area (Å²) in [5.41, 5.74) is 0.932. The fraction of sp³-hybridized carbons (Fsp3) is 0.529. The molecule has 0 bridgehead atoms. The molecule has 0 aromatic heterocycles. The van der Waals surface area contributed by atoms with Gasteiger partial charge in [-0.2, -0.15) is 0 Å². The SMILES string of the molecule is COc1ccc(C2C(=O)C3CCCC3C2CC(=O)O)cc1. The fourth-order valence-electron chi connectivity index (χ4n) is 4.24. The highest BCUT2D eigenvalue weighted by Gasteiger charge is 2.52. The molecule has 2 fully saturated rings. The third-order valence-electron chi connectivity index (χ3n) is 5.10. The Bertz CT molecular complexity index is 548. The van der Waals surface area contributed by atoms with E-state index in [-0.39, 0.29) is 35.9 Å². The van der Waals surface area contributed by atoms with E-state index < -0.39 is 5.97 Å². The van der Waals surface area contributed by atoms with Crippen LogP contribution in [0.2, 0.25) is 0 Å². The van der Waals surface area contributed by atoms with Gasteiger partial charge in [-0.05, 0) is 42.4 Å². The summed E-state index contributed by atoms with van der Waals surface area (Å²) < 4.78 is 5.15. The first-order chi connectivity index (χ1) is 10.1. The third-order valence-corrected chi connectivity index (χ3v) is 5.10. The number of aliphatic carboxylic acids is 1. The lowest BCUT2D eigenvalue weighted by Gasteiger charge is -2.21. The number of hydrogen-bond acceptors (Lipinski definition) is 3. The van der Waals surface area contributed by atoms with Crippen LogP contribution in [0.5, 0.6) is 5.75 Å². The Labute approximate surface area is 124 Å². The second-order valence-electron chi connectivity index (χ2n) is 6.12. The summed E-state index contributed by atoms with van der Waals surface area (Å²) in [6, 6.07) is 7.48. The van der Waals surface area contributed by atoms with Crippen molar-refractivity contribution in [3.8, 4) is 5.75 Å². The molecule has 2 saturated carbocycles. The van der Waals surface area contributed by atoms with Gasteiger partial charge in [-0.1, -0.05) is 18.6 Å². The van der Waals surface area contributed by atoms with Crippen LogP contribution in [0.25, 0.3) is 0 Å². The van der Waals surface area contributed by atoms with Crippen molar-refractivity contribution in [3.63, 3.8) is 0 Å². The zero-order chi connectivity index (χ0) is 15.0. The molecule has 4 atom stereocenters. The second-order valence-corrected chi connectivity index (χ2v) is 6.12. The molecule has 0 radical (unpaired) electrons. The number of rotatable bonds is 4. The maximum Gasteiger partial charge on any atom is 0.303 e. The molecular weight excluding hydrogens is 268 g/mol. The predicted octanol–water partition coefficient (Wildman–Crippen LogP) is 2.87. The van der Waals surface area contributed by atoms with E-state index in [9.17, 15) is 14.7 Å². The summed E-state index contributed by atoms with van der Waals surface area (Å²) in [5, 5.41) is 9.20. The summed E-state index contributed by atoms with van der Waals surface area (Å²) in [4.78, 5) is 23.9. The molecule has 1 aromatic carbocycles. The number of ketones is 1. The molecule has 1 aromatic rings. The molecule has 4 heteroatoms. The highest BCUT2D eigenvalue weighted by atomic mass is 16.5. The van der Waals surface area contributed by atoms with Gasteiger partial charge < -0.3 is 9.84 Å². The molecule has 112 valence electrons. The van der Waals surface area contributed by atoms with Gasteiger partial charge in [0.1, 0.15) is 11.5 Å². The number of carboxylic acids is 1. The van der Waals surface area contributed by atoms with Crippen molar-refractivity contribution in [2.75, 3.05) is 7.11 Å². The highest BCUT2D eigenvalue weighted by molar-refractivity contribution is 5.92. The van der Waals surface area contributed by atoms with Crippen molar-refractivity contribution in [3.05, 3.63) is 29.8 Å². The number of hydrogen-bond donors (Lipinski definition) is 1. The van der Waals surface area contributed by atoms with E-state index >= 15 is 0 Å². The predicted molar refractivity (Wildman–Crippen MR) is 77.3 cm³/mol. The molecule has 1 N–H and O–H groups in total. The minimum Gasteiger partial charge on any atom is -0.497 e. The smallest absolute Gasteiger partial charge is 0.303 e. The number of ether oxygens (including phenoxy) is 1. The molecule has 4 unspecified atom stereocenters. The normalized spacial score (nSPS) is 31.2. The maximum atomic E-state index is 12.7. The first-order valence-corrected chi connectivity index (χ1v) is 7.51. The van der Waals surface area contributed by atoms with Crippen LogP contribution in [0, 0.1) is 17.8 Å². The lowest BCUT2D eigenvalue weighted by atomic mass is 9.81. The minimum atomic E-state index is -0.807. The van der Waals surface area contributed by atoms with E-state index in [1.54, 1.807) is 7.11 Å². The zero-order valence-corrected chi connectivity index (χ0v) is 12.1. The molecule has 0 amide bonds. The van der Waals surface area contributed by atoms with E-state index in [4.69, 9.17) is 4.74 Å². The Morgan fingerprint density at radius 2 is 2.00 bits per heavy atom. The van der Waals surface area contributed by atoms with Gasteiger partial charge in [-0.15, -0.1) is 0 Å². The summed E-state index contributed by atoms with van der Waals surface area (Å²) in [5.74, 6) is 0.187. The summed E-state index contributed by atoms with van der Waals surface area (Å²) in [7, 11) is 1.60. The largest absolute Gasteiger partial charge is 0.497 e. The van der Waals surface area contributed by atoms with E-state index in [2.05, 4.69) is 0 Å². The molecule has 2 aliphatic rings. The van der Waals surface area contributed by atoms with Crippen LogP contribution in [0.1, 0.15) is 37.2 Å². The van der Waals surface area contributed by atoms with Gasteiger partial charge >= 0.3 is 5.97 Å². The van der Waals surface area contributed by atoms with Crippen molar-refractivity contribution in [1.82, 2.24) is 0 Å². The first-order valence-electron chi connectivity index (χ1n) is 7.51. The molecular formula is C17H20O4. The second kappa shape index (κ2) is 5.51. The van der Waals surface area contributed by atoms with E-state index in [0.717, 1.165) is 30.6 Å². The lowest BCUT2D eigenvalue weighted by Crippen LogP contribution is -2.19. The van der Waals surface area contributed by atoms with Crippen LogP contribution in [0.4, 0.5) is 0 Å². The van der Waals surface area contributed by atoms with Crippen molar-refractivity contribution >= 4 is 11.8 Å². The lowest BCUT2D eigenvalue weighted by molar-refractivity contribution is -0.138. The van der Waals surface area contributed by atoms with Crippen LogP contribution in [0.15, 0.2) is 24.3 Å². The van der Waals surface area contributed by atoms with Crippen LogP contribution in [-0.2, 0) is 9.59 Å². The molecule has 0 spiro atoms. The first kappa shape index (κ1) is 14.1. The summed E-state index contributed by atoms with van der Waals surface area (Å²) in [6.45, 7) is 0. The van der Waals surface area contributed by atoms with Crippen LogP contribution >= 0.6 is 0 Å². The van der Waals surface area contributed by atoms with Crippen LogP contribution < -0.4 is 4.74 Å². The van der Waals surface area contributed by atoms with E-state index in [1.165, 1.54) is 0 Å². The van der Waals surface area contributed by atoms with Gasteiger partial charge in [-0.3, -0.25) is 9.59 Å². The Balaban J connectivity index is 1.93. The standard InChI is InChI=1S/C17H20O4/c1-21-11-7-5-10(6-8-11)16-14(9-15(18)19)12-3-2-4-13(12)17(16)20/h5-8,12-14,16H,2-4,9H2,1H3,(H,18,19). The number of Topliss-reactive ketones (excluding diaryl/α,β-unsaturated/α-hetero) is 1. The van der Waals surface area contributed by atoms with Crippen molar-refractivity contribution in [1.29, 1.82) is 0 Å². The molecule has 3 rings (SSSR count). The van der Waals surface area contributed by atoms with Gasteiger partial charge in [0.2, 0.25) is 0 Å². The third kappa shape index (κ3) is 2.43. The summed E-state index contributed by atoms with van der Waals surface area (Å²) >= 11 is 0. The topological polar surface area (TPSA) is 63.6 Å². The molecule has 0 saturated heterocycles. The molecule has 4 nitrogen and oxygen atoms in total. The van der Waals surface area contributed by atoms with E-state index in [1.807, 2.05) is 24.3 Å². The van der Waals surface area contributed by atoms with Gasteiger partial charge in [-0.25, -0.2) is 0 Å². The Morgan fingerprint density at radius 3 is 2.62 bits per heavy atom. The summed E-state index contributed by atoms with van der Waals surface area (Å²) in [6.07, 6.45) is 3.05. The average Bonchev–Trinajstić information content (AvgIpc) is 3.03. The zero-order valence-electron chi connectivity index (χ0n) is 12.1. The van der Waals surface area contributed by atoms with Crippen molar-refractivity contribution in [2.45, 2.75) is 31.6 Å². The number of carboxylic acid groups (broad SMARTS) is 1. The van der Waals surface area contributed by atoms with Gasteiger partial charge in [0, 0.05) is 18.3 Å². The minimum absolute atomic E-state index is 0.0594. The van der Waals surface area contributed by atoms with Crippen LogP contribution in [-0.4, -0.2) is 24.0 Å². The van der Waals surface area contributed by atoms with Crippen LogP contribution in [0.3, 0.4) is 0 Å². The molecule has 21 heavy (non-hydrogen) atoms. The Hall–Kier alpha value is -1.84. The molecule has 0 aliphatic heterocycles. The van der Waals surface area contributed by atoms with E-state index in [0.29, 0.717) is 0 Å². The van der Waals surface area contributed by atoms with Crippen molar-refractivity contribution in [2.24, 2.45) is 17.8 Å². The van der Waals surface area contributed by atoms with Gasteiger partial charge in [0.25, 0.3) is 0 Å². The molecule has 0 heterocycles. The maximum absolute atomic E-state index is 12.7. The average molecular weight is 288 g/mol. The Kier molecular flexibility index (Phi) is 3.70. The number of methoxy groups -OCH3 is 1. The van der Waals surface area contributed by atoms with Gasteiger partial charge in [0.05, 0.1) is 7.11 Å². The number of carbonyl (C=O) groups is 2. The number of fused-ring (bicyclic) bond motifs is 1. The quantitative estimate of drug-likeness (QED) is 0.925. The highest BCUT2D eigenvalue weighted by Crippen LogP contribution is 2.53. The molecule has 2 aliphatic carbocycles.